The lowest BCUT2D eigenvalue weighted by atomic mass is 9.71. The molecule has 3 unspecified atom stereocenters. The first-order valence-electron chi connectivity index (χ1n) is 12.6. The lowest BCUT2D eigenvalue weighted by Crippen LogP contribution is -2.33. The maximum atomic E-state index is 5.27. The molecule has 1 aliphatic heterocycles. The van der Waals surface area contributed by atoms with Crippen LogP contribution in [0, 0.1) is 11.8 Å². The Labute approximate surface area is 189 Å². The third-order valence-electron chi connectivity index (χ3n) is 8.70. The third kappa shape index (κ3) is 4.34. The molecule has 1 saturated heterocycles. The highest BCUT2D eigenvalue weighted by Gasteiger charge is 2.57. The second-order valence-corrected chi connectivity index (χ2v) is 10.4. The fourth-order valence-corrected chi connectivity index (χ4v) is 6.73. The second-order valence-electron chi connectivity index (χ2n) is 10.4. The van der Waals surface area contributed by atoms with Gasteiger partial charge < -0.3 is 9.64 Å². The quantitative estimate of drug-likeness (QED) is 0.522. The van der Waals surface area contributed by atoms with Gasteiger partial charge in [0.2, 0.25) is 0 Å². The van der Waals surface area contributed by atoms with E-state index in [9.17, 15) is 0 Å². The Bertz CT molecular complexity index is 867. The average Bonchev–Trinajstić information content (AvgIpc) is 3.50. The van der Waals surface area contributed by atoms with Crippen LogP contribution in [0.1, 0.15) is 73.6 Å². The van der Waals surface area contributed by atoms with Crippen LogP contribution in [0.15, 0.2) is 48.5 Å². The largest absolute Gasteiger partial charge is 0.380 e. The van der Waals surface area contributed by atoms with Crippen molar-refractivity contribution in [1.82, 2.24) is 4.90 Å². The molecule has 3 aliphatic rings. The monoisotopic (exact) mass is 417 g/mol. The molecular formula is C29H39NO. The molecule has 1 heterocycles. The highest BCUT2D eigenvalue weighted by molar-refractivity contribution is 5.45. The number of nitrogens with zero attached hydrogens (tertiary/aromatic N) is 1. The van der Waals surface area contributed by atoms with E-state index in [1.165, 1.54) is 75.7 Å². The number of rotatable bonds is 7. The molecule has 0 radical (unpaired) electrons. The topological polar surface area (TPSA) is 12.5 Å². The van der Waals surface area contributed by atoms with Crippen LogP contribution in [0.5, 0.6) is 0 Å². The number of hydrogen-bond donors (Lipinski definition) is 0. The standard InChI is InChI=1S/C29H39NO/c1-3-30-16-13-23(14-17-30)19-26-20-29(26)15-12-25(27-6-4-5-7-28(27)29)18-22-8-10-24(11-9-22)21-31-2/h4-11,23,25-26H,3,12-21H2,1-2H3. The Morgan fingerprint density at radius 2 is 1.71 bits per heavy atom. The van der Waals surface area contributed by atoms with Gasteiger partial charge in [-0.2, -0.15) is 0 Å². The van der Waals surface area contributed by atoms with Crippen LogP contribution in [-0.4, -0.2) is 31.6 Å². The number of likely N-dealkylation sites (tertiary alicyclic amines) is 1. The number of benzene rings is 2. The van der Waals surface area contributed by atoms with E-state index >= 15 is 0 Å². The predicted molar refractivity (Wildman–Crippen MR) is 129 cm³/mol. The molecule has 2 fully saturated rings. The Morgan fingerprint density at radius 1 is 0.968 bits per heavy atom. The molecule has 2 aromatic rings. The molecule has 0 amide bonds. The van der Waals surface area contributed by atoms with Gasteiger partial charge in [-0.05, 0) is 110 Å². The van der Waals surface area contributed by atoms with E-state index in [1.54, 1.807) is 18.2 Å². The van der Waals surface area contributed by atoms with Crippen molar-refractivity contribution in [2.45, 2.75) is 69.8 Å². The van der Waals surface area contributed by atoms with Crippen molar-refractivity contribution in [1.29, 1.82) is 0 Å². The minimum atomic E-state index is 0.511. The van der Waals surface area contributed by atoms with Crippen LogP contribution in [-0.2, 0) is 23.2 Å². The third-order valence-corrected chi connectivity index (χ3v) is 8.70. The summed E-state index contributed by atoms with van der Waals surface area (Å²) in [6, 6.07) is 18.6. The summed E-state index contributed by atoms with van der Waals surface area (Å²) in [6.07, 6.45) is 9.67. The molecule has 166 valence electrons. The van der Waals surface area contributed by atoms with Crippen molar-refractivity contribution in [2.75, 3.05) is 26.7 Å². The maximum absolute atomic E-state index is 5.27. The molecule has 2 heteroatoms. The SMILES string of the molecule is CCN1CCC(CC2CC23CCC(Cc2ccc(COC)cc2)c2ccccc23)CC1. The van der Waals surface area contributed by atoms with Gasteiger partial charge >= 0.3 is 0 Å². The van der Waals surface area contributed by atoms with Gasteiger partial charge in [0, 0.05) is 7.11 Å². The normalized spacial score (nSPS) is 28.6. The first-order valence-corrected chi connectivity index (χ1v) is 12.6. The zero-order valence-corrected chi connectivity index (χ0v) is 19.5. The molecular weight excluding hydrogens is 378 g/mol. The highest BCUT2D eigenvalue weighted by Crippen LogP contribution is 2.64. The van der Waals surface area contributed by atoms with Crippen molar-refractivity contribution in [3.8, 4) is 0 Å². The Morgan fingerprint density at radius 3 is 2.45 bits per heavy atom. The van der Waals surface area contributed by atoms with E-state index in [1.807, 2.05) is 0 Å². The highest BCUT2D eigenvalue weighted by atomic mass is 16.5. The second kappa shape index (κ2) is 9.08. The van der Waals surface area contributed by atoms with E-state index in [2.05, 4.69) is 60.4 Å². The molecule has 3 atom stereocenters. The zero-order chi connectivity index (χ0) is 21.3. The van der Waals surface area contributed by atoms with Crippen LogP contribution in [0.4, 0.5) is 0 Å². The summed E-state index contributed by atoms with van der Waals surface area (Å²) in [5.41, 5.74) is 6.60. The first-order chi connectivity index (χ1) is 15.2. The van der Waals surface area contributed by atoms with Gasteiger partial charge in [0.25, 0.3) is 0 Å². The number of fused-ring (bicyclic) bond motifs is 2. The molecule has 2 nitrogen and oxygen atoms in total. The van der Waals surface area contributed by atoms with Gasteiger partial charge in [0.1, 0.15) is 0 Å². The van der Waals surface area contributed by atoms with Gasteiger partial charge in [-0.25, -0.2) is 0 Å². The maximum Gasteiger partial charge on any atom is 0.0713 e. The Hall–Kier alpha value is -1.64. The van der Waals surface area contributed by atoms with Crippen molar-refractivity contribution >= 4 is 0 Å². The molecule has 1 saturated carbocycles. The van der Waals surface area contributed by atoms with Crippen molar-refractivity contribution < 1.29 is 4.74 Å². The van der Waals surface area contributed by atoms with Crippen LogP contribution in [0.3, 0.4) is 0 Å². The first kappa shape index (κ1) is 21.2. The summed E-state index contributed by atoms with van der Waals surface area (Å²) in [4.78, 5) is 2.63. The number of hydrogen-bond acceptors (Lipinski definition) is 2. The molecule has 2 aromatic carbocycles. The fraction of sp³-hybridized carbons (Fsp3) is 0.586. The van der Waals surface area contributed by atoms with Gasteiger partial charge in [0.15, 0.2) is 0 Å². The molecule has 1 spiro atoms. The Balaban J connectivity index is 1.27. The van der Waals surface area contributed by atoms with Crippen LogP contribution in [0.2, 0.25) is 0 Å². The Kier molecular flexibility index (Phi) is 6.21. The lowest BCUT2D eigenvalue weighted by Gasteiger charge is -2.35. The lowest BCUT2D eigenvalue weighted by molar-refractivity contribution is 0.180. The van der Waals surface area contributed by atoms with Gasteiger partial charge in [0.05, 0.1) is 6.61 Å². The van der Waals surface area contributed by atoms with E-state index in [0.29, 0.717) is 17.9 Å². The number of methoxy groups -OCH3 is 1. The van der Waals surface area contributed by atoms with Crippen LogP contribution < -0.4 is 0 Å². The van der Waals surface area contributed by atoms with Gasteiger partial charge in [-0.1, -0.05) is 55.5 Å². The predicted octanol–water partition coefficient (Wildman–Crippen LogP) is 6.33. The minimum absolute atomic E-state index is 0.511. The summed E-state index contributed by atoms with van der Waals surface area (Å²) in [5.74, 6) is 2.56. The van der Waals surface area contributed by atoms with E-state index in [0.717, 1.165) is 11.8 Å². The van der Waals surface area contributed by atoms with E-state index in [4.69, 9.17) is 4.74 Å². The summed E-state index contributed by atoms with van der Waals surface area (Å²) < 4.78 is 5.27. The number of ether oxygens (including phenoxy) is 1. The fourth-order valence-electron chi connectivity index (χ4n) is 6.73. The van der Waals surface area contributed by atoms with Crippen LogP contribution >= 0.6 is 0 Å². The molecule has 31 heavy (non-hydrogen) atoms. The smallest absolute Gasteiger partial charge is 0.0713 e. The van der Waals surface area contributed by atoms with Crippen molar-refractivity contribution in [3.05, 3.63) is 70.8 Å². The minimum Gasteiger partial charge on any atom is -0.380 e. The molecule has 2 aliphatic carbocycles. The average molecular weight is 418 g/mol. The summed E-state index contributed by atoms with van der Waals surface area (Å²) >= 11 is 0. The van der Waals surface area contributed by atoms with Crippen molar-refractivity contribution in [3.63, 3.8) is 0 Å². The molecule has 0 N–H and O–H groups in total. The van der Waals surface area contributed by atoms with Crippen LogP contribution in [0.25, 0.3) is 0 Å². The zero-order valence-electron chi connectivity index (χ0n) is 19.5. The summed E-state index contributed by atoms with van der Waals surface area (Å²) in [6.45, 7) is 6.88. The molecule has 0 aromatic heterocycles. The number of piperidine rings is 1. The summed E-state index contributed by atoms with van der Waals surface area (Å²) in [5, 5.41) is 0. The van der Waals surface area contributed by atoms with E-state index in [-0.39, 0.29) is 0 Å². The van der Waals surface area contributed by atoms with Gasteiger partial charge in [-0.15, -0.1) is 0 Å². The molecule has 0 bridgehead atoms. The summed E-state index contributed by atoms with van der Waals surface area (Å²) in [7, 11) is 1.77. The van der Waals surface area contributed by atoms with Gasteiger partial charge in [-0.3, -0.25) is 0 Å². The molecule has 5 rings (SSSR count). The van der Waals surface area contributed by atoms with Crippen molar-refractivity contribution in [2.24, 2.45) is 11.8 Å². The van der Waals surface area contributed by atoms with E-state index < -0.39 is 0 Å².